The molecule has 0 aromatic carbocycles. The van der Waals surface area contributed by atoms with Crippen LogP contribution in [-0.4, -0.2) is 11.9 Å². The van der Waals surface area contributed by atoms with Gasteiger partial charge in [0.25, 0.3) is 0 Å². The second-order valence-electron chi connectivity index (χ2n) is 3.02. The van der Waals surface area contributed by atoms with Gasteiger partial charge in [-0.3, -0.25) is 9.59 Å². The van der Waals surface area contributed by atoms with Crippen LogP contribution in [0.2, 0.25) is 0 Å². The smallest absolute Gasteiger partial charge is 0.323 e. The van der Waals surface area contributed by atoms with Crippen molar-refractivity contribution in [3.8, 4) is 0 Å². The normalized spacial score (nSPS) is 30.9. The van der Waals surface area contributed by atoms with Crippen LogP contribution in [0.25, 0.3) is 0 Å². The highest BCUT2D eigenvalue weighted by molar-refractivity contribution is 6.52. The number of ether oxygens (including phenoxy) is 1. The van der Waals surface area contributed by atoms with E-state index >= 15 is 0 Å². The Kier molecular flexibility index (Phi) is 2.75. The maximum absolute atomic E-state index is 11.3. The van der Waals surface area contributed by atoms with Gasteiger partial charge in [-0.05, 0) is 0 Å². The highest BCUT2D eigenvalue weighted by Gasteiger charge is 2.51. The number of hydrogen-bond acceptors (Lipinski definition) is 3. The van der Waals surface area contributed by atoms with E-state index in [1.54, 1.807) is 0 Å². The number of cyclic esters (lactones) is 2. The molecule has 0 spiro atoms. The van der Waals surface area contributed by atoms with E-state index in [9.17, 15) is 9.59 Å². The van der Waals surface area contributed by atoms with E-state index in [1.165, 1.54) is 0 Å². The summed E-state index contributed by atoms with van der Waals surface area (Å²) in [5, 5.41) is -0.0497. The van der Waals surface area contributed by atoms with Crippen LogP contribution in [0.1, 0.15) is 0 Å². The minimum absolute atomic E-state index is 0.00748. The van der Waals surface area contributed by atoms with Crippen LogP contribution in [-0.2, 0) is 14.3 Å². The van der Waals surface area contributed by atoms with Gasteiger partial charge in [-0.15, -0.1) is 0 Å². The lowest BCUT2D eigenvalue weighted by atomic mass is 9.90. The van der Waals surface area contributed by atoms with Gasteiger partial charge < -0.3 is 4.74 Å². The number of carbonyl (C=O) groups is 2. The Hall–Kier alpha value is -0.220. The highest BCUT2D eigenvalue weighted by atomic mass is 35.5. The number of rotatable bonds is 0. The molecule has 0 N–H and O–H groups in total. The molecule has 1 saturated heterocycles. The van der Waals surface area contributed by atoms with Crippen molar-refractivity contribution in [2.45, 2.75) is 0 Å². The van der Waals surface area contributed by atoms with Crippen LogP contribution < -0.4 is 0 Å². The summed E-state index contributed by atoms with van der Waals surface area (Å²) in [6.45, 7) is 0. The van der Waals surface area contributed by atoms with Crippen molar-refractivity contribution in [1.29, 1.82) is 0 Å². The summed E-state index contributed by atoms with van der Waals surface area (Å²) in [6, 6.07) is 0. The third kappa shape index (κ3) is 1.49. The van der Waals surface area contributed by atoms with Crippen LogP contribution in [0.4, 0.5) is 0 Å². The summed E-state index contributed by atoms with van der Waals surface area (Å²) in [6.07, 6.45) is 0. The van der Waals surface area contributed by atoms with Gasteiger partial charge in [-0.1, -0.05) is 46.4 Å². The monoisotopic (exact) mass is 286 g/mol. The van der Waals surface area contributed by atoms with Crippen LogP contribution in [0, 0.1) is 11.8 Å². The maximum Gasteiger partial charge on any atom is 0.323 e. The molecule has 2 unspecified atom stereocenters. The minimum Gasteiger partial charge on any atom is -0.392 e. The van der Waals surface area contributed by atoms with Gasteiger partial charge in [0.15, 0.2) is 0 Å². The first kappa shape index (κ1) is 11.3. The largest absolute Gasteiger partial charge is 0.392 e. The lowest BCUT2D eigenvalue weighted by Crippen LogP contribution is -2.23. The molecule has 0 saturated carbocycles. The molecule has 2 atom stereocenters. The van der Waals surface area contributed by atoms with E-state index in [-0.39, 0.29) is 20.1 Å². The zero-order valence-corrected chi connectivity index (χ0v) is 9.92. The summed E-state index contributed by atoms with van der Waals surface area (Å²) in [7, 11) is 0. The van der Waals surface area contributed by atoms with Gasteiger partial charge >= 0.3 is 11.9 Å². The topological polar surface area (TPSA) is 43.4 Å². The molecule has 0 aromatic rings. The average Bonchev–Trinajstić information content (AvgIpc) is 2.47. The number of hydrogen-bond donors (Lipinski definition) is 0. The van der Waals surface area contributed by atoms with Crippen molar-refractivity contribution in [2.24, 2.45) is 11.8 Å². The van der Waals surface area contributed by atoms with Gasteiger partial charge in [0.2, 0.25) is 0 Å². The number of allylic oxidation sites excluding steroid dienone is 2. The first-order valence-electron chi connectivity index (χ1n) is 3.81. The van der Waals surface area contributed by atoms with Crippen molar-refractivity contribution in [2.75, 3.05) is 0 Å². The predicted octanol–water partition coefficient (Wildman–Crippen LogP) is 2.69. The second-order valence-corrected chi connectivity index (χ2v) is 4.59. The molecule has 0 amide bonds. The SMILES string of the molecule is O=C1OC(=O)C2C(Cl)=C(Cl)C(Cl)=C(Cl)C12. The molecule has 1 aliphatic carbocycles. The van der Waals surface area contributed by atoms with E-state index in [4.69, 9.17) is 46.4 Å². The fraction of sp³-hybridized carbons (Fsp3) is 0.250. The molecule has 15 heavy (non-hydrogen) atoms. The van der Waals surface area contributed by atoms with Crippen LogP contribution in [0.15, 0.2) is 20.1 Å². The molecule has 0 radical (unpaired) electrons. The molecule has 80 valence electrons. The third-order valence-corrected chi connectivity index (χ3v) is 4.12. The van der Waals surface area contributed by atoms with Crippen LogP contribution in [0.5, 0.6) is 0 Å². The van der Waals surface area contributed by atoms with Crippen molar-refractivity contribution in [3.63, 3.8) is 0 Å². The number of fused-ring (bicyclic) bond motifs is 1. The van der Waals surface area contributed by atoms with Crippen molar-refractivity contribution >= 4 is 58.3 Å². The van der Waals surface area contributed by atoms with Gasteiger partial charge in [0.05, 0.1) is 20.1 Å². The molecule has 2 aliphatic rings. The minimum atomic E-state index is -0.957. The Morgan fingerprint density at radius 1 is 0.800 bits per heavy atom. The maximum atomic E-state index is 11.3. The lowest BCUT2D eigenvalue weighted by Gasteiger charge is -2.20. The zero-order valence-electron chi connectivity index (χ0n) is 6.89. The molecule has 3 nitrogen and oxygen atoms in total. The second kappa shape index (κ2) is 3.67. The van der Waals surface area contributed by atoms with Crippen LogP contribution >= 0.6 is 46.4 Å². The highest BCUT2D eigenvalue weighted by Crippen LogP contribution is 2.48. The Bertz CT molecular complexity index is 397. The first-order chi connectivity index (χ1) is 6.95. The van der Waals surface area contributed by atoms with Gasteiger partial charge in [-0.2, -0.15) is 0 Å². The molecule has 2 rings (SSSR count). The van der Waals surface area contributed by atoms with Gasteiger partial charge in [0.1, 0.15) is 11.8 Å². The standard InChI is InChI=1S/C8H2Cl4O3/c9-3-1-2(8(14)15-7(1)13)4(10)6(12)5(3)11/h1-2H. The lowest BCUT2D eigenvalue weighted by molar-refractivity contribution is -0.153. The molecular weight excluding hydrogens is 286 g/mol. The summed E-state index contributed by atoms with van der Waals surface area (Å²) in [5.74, 6) is -3.42. The Morgan fingerprint density at radius 2 is 1.13 bits per heavy atom. The number of carbonyl (C=O) groups excluding carboxylic acids is 2. The molecule has 7 heteroatoms. The van der Waals surface area contributed by atoms with E-state index in [2.05, 4.69) is 4.74 Å². The fourth-order valence-electron chi connectivity index (χ4n) is 1.48. The first-order valence-corrected chi connectivity index (χ1v) is 5.32. The summed E-state index contributed by atoms with van der Waals surface area (Å²) in [5.41, 5.74) is 0. The van der Waals surface area contributed by atoms with E-state index in [0.29, 0.717) is 0 Å². The van der Waals surface area contributed by atoms with Gasteiger partial charge in [0, 0.05) is 0 Å². The quantitative estimate of drug-likeness (QED) is 0.508. The molecule has 1 heterocycles. The molecule has 0 aromatic heterocycles. The van der Waals surface area contributed by atoms with E-state index in [1.807, 2.05) is 0 Å². The van der Waals surface area contributed by atoms with Gasteiger partial charge in [-0.25, -0.2) is 0 Å². The molecule has 1 aliphatic heterocycles. The summed E-state index contributed by atoms with van der Waals surface area (Å²) in [4.78, 5) is 22.6. The Balaban J connectivity index is 2.61. The summed E-state index contributed by atoms with van der Waals surface area (Å²) < 4.78 is 4.41. The fourth-order valence-corrected chi connectivity index (χ4v) is 2.64. The molecular formula is C8H2Cl4O3. The number of halogens is 4. The predicted molar refractivity (Wildman–Crippen MR) is 55.5 cm³/mol. The van der Waals surface area contributed by atoms with Crippen molar-refractivity contribution in [1.82, 2.24) is 0 Å². The van der Waals surface area contributed by atoms with Crippen molar-refractivity contribution in [3.05, 3.63) is 20.1 Å². The summed E-state index contributed by atoms with van der Waals surface area (Å²) >= 11 is 23.1. The third-order valence-electron chi connectivity index (χ3n) is 2.20. The van der Waals surface area contributed by atoms with E-state index in [0.717, 1.165) is 0 Å². The average molecular weight is 288 g/mol. The molecule has 1 fully saturated rings. The zero-order chi connectivity index (χ0) is 11.3. The molecule has 0 bridgehead atoms. The van der Waals surface area contributed by atoms with Crippen molar-refractivity contribution < 1.29 is 14.3 Å². The Morgan fingerprint density at radius 3 is 1.47 bits per heavy atom. The number of esters is 2. The van der Waals surface area contributed by atoms with E-state index < -0.39 is 23.8 Å². The Labute approximate surface area is 105 Å². The van der Waals surface area contributed by atoms with Crippen LogP contribution in [0.3, 0.4) is 0 Å².